The Labute approximate surface area is 169 Å². The number of hydrogen-bond donors (Lipinski definition) is 0. The Morgan fingerprint density at radius 2 is 1.86 bits per heavy atom. The number of rotatable bonds is 8. The number of Topliss-reactive ketones (excluding diaryl/α,β-unsaturated/α-hetero) is 1. The summed E-state index contributed by atoms with van der Waals surface area (Å²) in [4.78, 5) is 22.4. The summed E-state index contributed by atoms with van der Waals surface area (Å²) < 4.78 is 7.41. The van der Waals surface area contributed by atoms with Gasteiger partial charge in [0.1, 0.15) is 12.4 Å². The van der Waals surface area contributed by atoms with Crippen molar-refractivity contribution in [3.63, 3.8) is 0 Å². The molecule has 2 aromatic carbocycles. The molecule has 8 nitrogen and oxygen atoms in total. The second-order valence-electron chi connectivity index (χ2n) is 5.72. The van der Waals surface area contributed by atoms with Crippen LogP contribution < -0.4 is 4.74 Å². The van der Waals surface area contributed by atoms with Crippen molar-refractivity contribution in [2.45, 2.75) is 11.8 Å². The first-order valence-electron chi connectivity index (χ1n) is 8.11. The van der Waals surface area contributed by atoms with Gasteiger partial charge in [-0.1, -0.05) is 23.4 Å². The molecule has 0 radical (unpaired) electrons. The van der Waals surface area contributed by atoms with Crippen molar-refractivity contribution in [3.8, 4) is 5.75 Å². The van der Waals surface area contributed by atoms with Crippen LogP contribution in [0.3, 0.4) is 0 Å². The molecule has 0 unspecified atom stereocenters. The average molecular weight is 419 g/mol. The molecule has 0 N–H and O–H groups in total. The maximum Gasteiger partial charge on any atom is 0.269 e. The first kappa shape index (κ1) is 19.8. The van der Waals surface area contributed by atoms with E-state index in [4.69, 9.17) is 16.3 Å². The zero-order chi connectivity index (χ0) is 20.1. The van der Waals surface area contributed by atoms with Crippen LogP contribution in [-0.2, 0) is 13.7 Å². The lowest BCUT2D eigenvalue weighted by molar-refractivity contribution is -0.384. The average Bonchev–Trinajstić information content (AvgIpc) is 3.05. The Bertz CT molecular complexity index is 990. The molecular weight excluding hydrogens is 404 g/mol. The van der Waals surface area contributed by atoms with Crippen LogP contribution in [0.2, 0.25) is 5.02 Å². The van der Waals surface area contributed by atoms with E-state index in [9.17, 15) is 14.9 Å². The van der Waals surface area contributed by atoms with Crippen LogP contribution in [-0.4, -0.2) is 31.2 Å². The Kier molecular flexibility index (Phi) is 6.27. The highest BCUT2D eigenvalue weighted by Gasteiger charge is 2.14. The number of thioether (sulfide) groups is 1. The quantitative estimate of drug-likeness (QED) is 0.236. The van der Waals surface area contributed by atoms with Crippen molar-refractivity contribution in [1.29, 1.82) is 0 Å². The minimum atomic E-state index is -0.504. The highest BCUT2D eigenvalue weighted by atomic mass is 35.5. The molecule has 0 aliphatic carbocycles. The molecule has 144 valence electrons. The number of nitro benzene ring substituents is 1. The predicted octanol–water partition coefficient (Wildman–Crippen LogP) is 3.93. The number of aromatic nitrogens is 3. The first-order valence-corrected chi connectivity index (χ1v) is 9.47. The van der Waals surface area contributed by atoms with Crippen molar-refractivity contribution in [2.75, 3.05) is 5.75 Å². The van der Waals surface area contributed by atoms with Gasteiger partial charge < -0.3 is 9.30 Å². The fraction of sp³-hybridized carbons (Fsp3) is 0.167. The second kappa shape index (κ2) is 8.85. The van der Waals surface area contributed by atoms with Crippen molar-refractivity contribution < 1.29 is 14.5 Å². The molecule has 10 heteroatoms. The van der Waals surface area contributed by atoms with E-state index in [-0.39, 0.29) is 23.8 Å². The van der Waals surface area contributed by atoms with Crippen LogP contribution >= 0.6 is 23.4 Å². The summed E-state index contributed by atoms with van der Waals surface area (Å²) >= 11 is 7.08. The van der Waals surface area contributed by atoms with Gasteiger partial charge in [0.2, 0.25) is 0 Å². The topological polar surface area (TPSA) is 100 Å². The SMILES string of the molecule is Cn1c(COc2ccc(Cl)cc2)nnc1SCC(=O)c1ccc([N+](=O)[O-])cc1. The van der Waals surface area contributed by atoms with Gasteiger partial charge in [-0.05, 0) is 36.4 Å². The van der Waals surface area contributed by atoms with Crippen LogP contribution in [0.25, 0.3) is 0 Å². The maximum atomic E-state index is 12.3. The number of ketones is 1. The number of benzene rings is 2. The number of carbonyl (C=O) groups excluding carboxylic acids is 1. The van der Waals surface area contributed by atoms with Gasteiger partial charge in [-0.15, -0.1) is 10.2 Å². The summed E-state index contributed by atoms with van der Waals surface area (Å²) in [5.74, 6) is 1.26. The molecule has 0 amide bonds. The summed E-state index contributed by atoms with van der Waals surface area (Å²) in [6, 6.07) is 12.5. The van der Waals surface area contributed by atoms with Gasteiger partial charge in [-0.25, -0.2) is 0 Å². The Morgan fingerprint density at radius 1 is 1.18 bits per heavy atom. The van der Waals surface area contributed by atoms with Gasteiger partial charge in [0, 0.05) is 29.8 Å². The molecule has 3 rings (SSSR count). The van der Waals surface area contributed by atoms with Gasteiger partial charge in [-0.3, -0.25) is 14.9 Å². The molecule has 0 saturated carbocycles. The van der Waals surface area contributed by atoms with Gasteiger partial charge >= 0.3 is 0 Å². The van der Waals surface area contributed by atoms with E-state index >= 15 is 0 Å². The summed E-state index contributed by atoms with van der Waals surface area (Å²) in [6.07, 6.45) is 0. The molecule has 0 spiro atoms. The molecule has 0 aliphatic heterocycles. The third kappa shape index (κ3) is 4.87. The molecule has 0 saturated heterocycles. The van der Waals surface area contributed by atoms with Crippen molar-refractivity contribution >= 4 is 34.8 Å². The van der Waals surface area contributed by atoms with Gasteiger partial charge in [-0.2, -0.15) is 0 Å². The molecule has 1 heterocycles. The lowest BCUT2D eigenvalue weighted by atomic mass is 10.1. The summed E-state index contributed by atoms with van der Waals surface area (Å²) in [6.45, 7) is 0.224. The lowest BCUT2D eigenvalue weighted by Gasteiger charge is -2.06. The number of nitro groups is 1. The number of non-ortho nitro benzene ring substituents is 1. The number of nitrogens with zero attached hydrogens (tertiary/aromatic N) is 4. The zero-order valence-electron chi connectivity index (χ0n) is 14.7. The maximum absolute atomic E-state index is 12.3. The van der Waals surface area contributed by atoms with Gasteiger partial charge in [0.05, 0.1) is 10.7 Å². The van der Waals surface area contributed by atoms with Crippen LogP contribution in [0.1, 0.15) is 16.2 Å². The predicted molar refractivity (Wildman–Crippen MR) is 105 cm³/mol. The molecule has 0 fully saturated rings. The summed E-state index contributed by atoms with van der Waals surface area (Å²) in [5, 5.41) is 20.0. The zero-order valence-corrected chi connectivity index (χ0v) is 16.3. The van der Waals surface area contributed by atoms with Crippen molar-refractivity contribution in [3.05, 3.63) is 75.1 Å². The summed E-state index contributed by atoms with van der Waals surface area (Å²) in [5.41, 5.74) is 0.356. The molecular formula is C18H15ClN4O4S. The van der Waals surface area contributed by atoms with E-state index in [1.807, 2.05) is 0 Å². The number of carbonyl (C=O) groups is 1. The molecule has 1 aromatic heterocycles. The van der Waals surface area contributed by atoms with E-state index in [1.54, 1.807) is 35.9 Å². The molecule has 28 heavy (non-hydrogen) atoms. The Hall–Kier alpha value is -2.91. The number of hydrogen-bond acceptors (Lipinski definition) is 7. The number of ether oxygens (including phenoxy) is 1. The van der Waals surface area contributed by atoms with Gasteiger partial charge in [0.25, 0.3) is 5.69 Å². The monoisotopic (exact) mass is 418 g/mol. The fourth-order valence-electron chi connectivity index (χ4n) is 2.26. The molecule has 0 bridgehead atoms. The van der Waals surface area contributed by atoms with E-state index in [2.05, 4.69) is 10.2 Å². The van der Waals surface area contributed by atoms with Crippen LogP contribution in [0.5, 0.6) is 5.75 Å². The van der Waals surface area contributed by atoms with E-state index < -0.39 is 4.92 Å². The normalized spacial score (nSPS) is 10.6. The second-order valence-corrected chi connectivity index (χ2v) is 7.10. The van der Waals surface area contributed by atoms with Crippen LogP contribution in [0.15, 0.2) is 53.7 Å². The Balaban J connectivity index is 1.57. The molecule has 0 atom stereocenters. The van der Waals surface area contributed by atoms with Crippen molar-refractivity contribution in [1.82, 2.24) is 14.8 Å². The smallest absolute Gasteiger partial charge is 0.269 e. The van der Waals surface area contributed by atoms with E-state index in [0.29, 0.717) is 27.3 Å². The third-order valence-corrected chi connectivity index (χ3v) is 5.11. The minimum absolute atomic E-state index is 0.0529. The van der Waals surface area contributed by atoms with E-state index in [0.717, 1.165) is 0 Å². The lowest BCUT2D eigenvalue weighted by Crippen LogP contribution is -2.06. The van der Waals surface area contributed by atoms with Crippen molar-refractivity contribution in [2.24, 2.45) is 7.05 Å². The highest BCUT2D eigenvalue weighted by molar-refractivity contribution is 7.99. The molecule has 3 aromatic rings. The van der Waals surface area contributed by atoms with Crippen LogP contribution in [0.4, 0.5) is 5.69 Å². The minimum Gasteiger partial charge on any atom is -0.486 e. The van der Waals surface area contributed by atoms with E-state index in [1.165, 1.54) is 36.0 Å². The Morgan fingerprint density at radius 3 is 2.50 bits per heavy atom. The third-order valence-electron chi connectivity index (χ3n) is 3.84. The standard InChI is InChI=1S/C18H15ClN4O4S/c1-22-17(10-27-15-8-4-13(19)5-9-15)20-21-18(22)28-11-16(24)12-2-6-14(7-3-12)23(25)26/h2-9H,10-11H2,1H3. The fourth-order valence-corrected chi connectivity index (χ4v) is 3.21. The molecule has 0 aliphatic rings. The first-order chi connectivity index (χ1) is 13.4. The highest BCUT2D eigenvalue weighted by Crippen LogP contribution is 2.20. The van der Waals surface area contributed by atoms with Crippen LogP contribution in [0, 0.1) is 10.1 Å². The largest absolute Gasteiger partial charge is 0.486 e. The summed E-state index contributed by atoms with van der Waals surface area (Å²) in [7, 11) is 1.79. The van der Waals surface area contributed by atoms with Gasteiger partial charge in [0.15, 0.2) is 16.8 Å². The number of halogens is 1.